The van der Waals surface area contributed by atoms with Crippen LogP contribution in [0.3, 0.4) is 0 Å². The van der Waals surface area contributed by atoms with Crippen LogP contribution in [0.5, 0.6) is 0 Å². The number of amides is 1. The topological polar surface area (TPSA) is 76.7 Å². The van der Waals surface area contributed by atoms with Crippen LogP contribution in [0.2, 0.25) is 0 Å². The molecule has 0 spiro atoms. The maximum atomic E-state index is 12.1. The number of nitrogens with zero attached hydrogens (tertiary/aromatic N) is 1. The smallest absolute Gasteiger partial charge is 0.324 e. The van der Waals surface area contributed by atoms with Crippen molar-refractivity contribution in [3.05, 3.63) is 63.0 Å². The Kier molecular flexibility index (Phi) is 6.45. The lowest BCUT2D eigenvalue weighted by atomic mass is 10.1. The quantitative estimate of drug-likeness (QED) is 0.553. The average molecular weight is 348 g/mol. The Bertz CT molecular complexity index is 685. The fraction of sp³-hybridized carbons (Fsp3) is 0.353. The van der Waals surface area contributed by atoms with E-state index >= 15 is 0 Å². The zero-order valence-electron chi connectivity index (χ0n) is 13.8. The molecule has 0 saturated heterocycles. The molecule has 0 aliphatic rings. The van der Waals surface area contributed by atoms with Crippen molar-refractivity contribution < 1.29 is 14.6 Å². The first kappa shape index (κ1) is 18.1. The molecule has 24 heavy (non-hydrogen) atoms. The maximum absolute atomic E-state index is 12.1. The second-order valence-corrected chi connectivity index (χ2v) is 7.09. The van der Waals surface area contributed by atoms with Gasteiger partial charge in [-0.3, -0.25) is 14.9 Å². The number of nitro groups is 1. The Hall–Kier alpha value is -2.25. The lowest BCUT2D eigenvalue weighted by molar-refractivity contribution is -0.884. The van der Waals surface area contributed by atoms with E-state index in [9.17, 15) is 14.9 Å². The van der Waals surface area contributed by atoms with Gasteiger partial charge >= 0.3 is 5.00 Å². The van der Waals surface area contributed by atoms with Crippen LogP contribution in [0.4, 0.5) is 5.00 Å². The third kappa shape index (κ3) is 5.43. The zero-order chi connectivity index (χ0) is 17.5. The van der Waals surface area contributed by atoms with E-state index in [1.54, 1.807) is 6.07 Å². The van der Waals surface area contributed by atoms with Crippen molar-refractivity contribution >= 4 is 22.2 Å². The average Bonchev–Trinajstić information content (AvgIpc) is 3.01. The molecule has 1 aromatic heterocycles. The van der Waals surface area contributed by atoms with Crippen molar-refractivity contribution in [3.8, 4) is 0 Å². The van der Waals surface area contributed by atoms with Gasteiger partial charge in [0.25, 0.3) is 0 Å². The summed E-state index contributed by atoms with van der Waals surface area (Å²) >= 11 is 1.05. The number of carbonyl (C=O) groups excluding carboxylic acids is 1. The number of hydrogen-bond acceptors (Lipinski definition) is 4. The third-order valence-electron chi connectivity index (χ3n) is 3.85. The lowest BCUT2D eigenvalue weighted by Crippen LogP contribution is -3.11. The Morgan fingerprint density at radius 3 is 2.54 bits per heavy atom. The van der Waals surface area contributed by atoms with Gasteiger partial charge in [-0.2, -0.15) is 0 Å². The van der Waals surface area contributed by atoms with E-state index in [1.807, 2.05) is 18.2 Å². The Morgan fingerprint density at radius 2 is 1.96 bits per heavy atom. The summed E-state index contributed by atoms with van der Waals surface area (Å²) in [4.78, 5) is 24.3. The van der Waals surface area contributed by atoms with Crippen molar-refractivity contribution in [2.24, 2.45) is 0 Å². The molecule has 0 aliphatic carbocycles. The van der Waals surface area contributed by atoms with Crippen molar-refractivity contribution in [1.82, 2.24) is 5.32 Å². The third-order valence-corrected chi connectivity index (χ3v) is 4.89. The number of quaternary nitrogens is 1. The lowest BCUT2D eigenvalue weighted by Gasteiger charge is -2.22. The van der Waals surface area contributed by atoms with E-state index in [4.69, 9.17) is 0 Å². The second-order valence-electron chi connectivity index (χ2n) is 5.94. The summed E-state index contributed by atoms with van der Waals surface area (Å²) < 4.78 is 0. The first-order chi connectivity index (χ1) is 11.5. The van der Waals surface area contributed by atoms with Crippen LogP contribution in [-0.4, -0.2) is 37.5 Å². The van der Waals surface area contributed by atoms with E-state index in [0.717, 1.165) is 17.8 Å². The molecule has 1 amide bonds. The highest BCUT2D eigenvalue weighted by Crippen LogP contribution is 2.24. The van der Waals surface area contributed by atoms with Gasteiger partial charge in [0.1, 0.15) is 6.04 Å². The summed E-state index contributed by atoms with van der Waals surface area (Å²) in [6, 6.07) is 13.5. The van der Waals surface area contributed by atoms with Crippen molar-refractivity contribution in [3.63, 3.8) is 0 Å². The summed E-state index contributed by atoms with van der Waals surface area (Å²) in [6.45, 7) is 0.573. The van der Waals surface area contributed by atoms with E-state index in [-0.39, 0.29) is 23.4 Å². The predicted molar refractivity (Wildman–Crippen MR) is 94.4 cm³/mol. The molecule has 0 unspecified atom stereocenters. The van der Waals surface area contributed by atoms with E-state index < -0.39 is 4.92 Å². The number of benzene rings is 1. The molecule has 1 heterocycles. The minimum Gasteiger partial charge on any atom is -0.350 e. The molecule has 0 aliphatic heterocycles. The van der Waals surface area contributed by atoms with Gasteiger partial charge in [-0.25, -0.2) is 0 Å². The van der Waals surface area contributed by atoms with E-state index in [1.165, 1.54) is 16.5 Å². The van der Waals surface area contributed by atoms with Gasteiger partial charge in [-0.15, -0.1) is 0 Å². The summed E-state index contributed by atoms with van der Waals surface area (Å²) in [7, 11) is 4.14. The molecule has 0 radical (unpaired) electrons. The van der Waals surface area contributed by atoms with Crippen molar-refractivity contribution in [2.45, 2.75) is 18.9 Å². The number of nitrogens with one attached hydrogen (secondary N) is 2. The molecule has 0 saturated carbocycles. The fourth-order valence-electron chi connectivity index (χ4n) is 2.40. The van der Waals surface area contributed by atoms with Crippen LogP contribution >= 0.6 is 11.3 Å². The Labute approximate surface area is 145 Å². The van der Waals surface area contributed by atoms with E-state index in [0.29, 0.717) is 11.4 Å². The summed E-state index contributed by atoms with van der Waals surface area (Å²) in [5.74, 6) is -0.106. The standard InChI is InChI=1S/C17H21N3O3S/c1-19(2)14(10-13-6-4-3-5-7-13)12-18-16(21)11-15-8-9-17(24-15)20(22)23/h3-9,14H,10-12H2,1-2H3,(H,18,21)/p+1/t14-/m0/s1. The molecule has 2 N–H and O–H groups in total. The minimum atomic E-state index is -0.433. The van der Waals surface area contributed by atoms with Gasteiger partial charge in [-0.1, -0.05) is 41.7 Å². The van der Waals surface area contributed by atoms with Crippen LogP contribution in [0.15, 0.2) is 42.5 Å². The Balaban J connectivity index is 1.86. The number of thiophene rings is 1. The molecule has 2 aromatic rings. The highest BCUT2D eigenvalue weighted by Gasteiger charge is 2.18. The zero-order valence-corrected chi connectivity index (χ0v) is 14.6. The number of likely N-dealkylation sites (N-methyl/N-ethyl adjacent to an activating group) is 1. The van der Waals surface area contributed by atoms with Crippen LogP contribution < -0.4 is 10.2 Å². The molecular weight excluding hydrogens is 326 g/mol. The number of carbonyl (C=O) groups is 1. The van der Waals surface area contributed by atoms with Crippen LogP contribution in [0, 0.1) is 10.1 Å². The predicted octanol–water partition coefficient (Wildman–Crippen LogP) is 1.07. The molecule has 1 atom stereocenters. The summed E-state index contributed by atoms with van der Waals surface area (Å²) in [5, 5.41) is 13.7. The van der Waals surface area contributed by atoms with Gasteiger partial charge in [0.2, 0.25) is 5.91 Å². The number of rotatable bonds is 8. The largest absolute Gasteiger partial charge is 0.350 e. The summed E-state index contributed by atoms with van der Waals surface area (Å²) in [5.41, 5.74) is 1.24. The summed E-state index contributed by atoms with van der Waals surface area (Å²) in [6.07, 6.45) is 1.06. The fourth-order valence-corrected chi connectivity index (χ4v) is 3.22. The molecule has 1 aromatic carbocycles. The van der Waals surface area contributed by atoms with Gasteiger partial charge < -0.3 is 10.2 Å². The minimum absolute atomic E-state index is 0.0671. The van der Waals surface area contributed by atoms with Gasteiger partial charge in [0.05, 0.1) is 32.0 Å². The molecule has 0 bridgehead atoms. The number of hydrogen-bond donors (Lipinski definition) is 2. The highest BCUT2D eigenvalue weighted by atomic mass is 32.1. The van der Waals surface area contributed by atoms with Crippen LogP contribution in [0.1, 0.15) is 10.4 Å². The molecule has 0 fully saturated rings. The molecule has 7 heteroatoms. The molecule has 128 valence electrons. The SMILES string of the molecule is C[NH+](C)[C@H](CNC(=O)Cc1ccc([N+](=O)[O-])s1)Cc1ccccc1. The van der Waals surface area contributed by atoms with Crippen LogP contribution in [0.25, 0.3) is 0 Å². The molecular formula is C17H22N3O3S+. The Morgan fingerprint density at radius 1 is 1.25 bits per heavy atom. The van der Waals surface area contributed by atoms with Gasteiger partial charge in [-0.05, 0) is 11.6 Å². The maximum Gasteiger partial charge on any atom is 0.324 e. The van der Waals surface area contributed by atoms with Gasteiger partial charge in [0, 0.05) is 17.4 Å². The van der Waals surface area contributed by atoms with Crippen molar-refractivity contribution in [2.75, 3.05) is 20.6 Å². The van der Waals surface area contributed by atoms with Crippen molar-refractivity contribution in [1.29, 1.82) is 0 Å². The van der Waals surface area contributed by atoms with E-state index in [2.05, 4.69) is 31.5 Å². The molecule has 6 nitrogen and oxygen atoms in total. The van der Waals surface area contributed by atoms with Crippen LogP contribution in [-0.2, 0) is 17.6 Å². The first-order valence-electron chi connectivity index (χ1n) is 7.79. The second kappa shape index (κ2) is 8.56. The normalized spacial score (nSPS) is 12.1. The molecule has 2 rings (SSSR count). The highest BCUT2D eigenvalue weighted by molar-refractivity contribution is 7.15. The first-order valence-corrected chi connectivity index (χ1v) is 8.61. The van der Waals surface area contributed by atoms with Gasteiger partial charge in [0.15, 0.2) is 0 Å². The monoisotopic (exact) mass is 348 g/mol.